The lowest BCUT2D eigenvalue weighted by atomic mass is 10.0. The first-order valence-electron chi connectivity index (χ1n) is 4.81. The van der Waals surface area contributed by atoms with Gasteiger partial charge in [-0.2, -0.15) is 0 Å². The summed E-state index contributed by atoms with van der Waals surface area (Å²) in [4.78, 5) is 0. The topological polar surface area (TPSA) is 0 Å². The van der Waals surface area contributed by atoms with Crippen molar-refractivity contribution < 1.29 is 8.78 Å². The molecule has 0 fully saturated rings. The Kier molecular flexibility index (Phi) is 3.34. The highest BCUT2D eigenvalue weighted by Gasteiger charge is 2.07. The fourth-order valence-electron chi connectivity index (χ4n) is 1.52. The quantitative estimate of drug-likeness (QED) is 0.723. The lowest BCUT2D eigenvalue weighted by Gasteiger charge is -2.05. The van der Waals surface area contributed by atoms with E-state index >= 15 is 0 Å². The van der Waals surface area contributed by atoms with Crippen LogP contribution in [0, 0.1) is 0 Å². The van der Waals surface area contributed by atoms with Gasteiger partial charge in [0.25, 0.3) is 6.43 Å². The summed E-state index contributed by atoms with van der Waals surface area (Å²) < 4.78 is 26.0. The second-order valence-electron chi connectivity index (χ2n) is 3.44. The van der Waals surface area contributed by atoms with E-state index in [4.69, 9.17) is 0 Å². The molecule has 16 heavy (non-hydrogen) atoms. The number of alkyl halides is 2. The SMILES string of the molecule is FC(F)c1cccc(-c2cccc(Br)c2)c1. The first kappa shape index (κ1) is 11.3. The Morgan fingerprint density at radius 3 is 2.12 bits per heavy atom. The maximum absolute atomic E-state index is 12.5. The number of hydrogen-bond acceptors (Lipinski definition) is 0. The standard InChI is InChI=1S/C13H9BrF2/c14-12-6-2-4-10(8-12)9-3-1-5-11(7-9)13(15)16/h1-8,13H. The molecule has 0 nitrogen and oxygen atoms in total. The van der Waals surface area contributed by atoms with Crippen molar-refractivity contribution in [2.75, 3.05) is 0 Å². The van der Waals surface area contributed by atoms with Gasteiger partial charge in [-0.25, -0.2) is 8.78 Å². The zero-order valence-electron chi connectivity index (χ0n) is 8.33. The molecule has 2 aromatic rings. The molecule has 0 unspecified atom stereocenters. The Morgan fingerprint density at radius 2 is 1.50 bits per heavy atom. The molecular weight excluding hydrogens is 274 g/mol. The minimum absolute atomic E-state index is 0.0532. The molecule has 0 radical (unpaired) electrons. The normalized spacial score (nSPS) is 10.8. The van der Waals surface area contributed by atoms with E-state index in [0.717, 1.165) is 15.6 Å². The minimum Gasteiger partial charge on any atom is -0.205 e. The van der Waals surface area contributed by atoms with E-state index in [9.17, 15) is 8.78 Å². The van der Waals surface area contributed by atoms with Crippen LogP contribution in [0.3, 0.4) is 0 Å². The van der Waals surface area contributed by atoms with E-state index in [-0.39, 0.29) is 5.56 Å². The zero-order valence-corrected chi connectivity index (χ0v) is 9.92. The van der Waals surface area contributed by atoms with Crippen molar-refractivity contribution >= 4 is 15.9 Å². The van der Waals surface area contributed by atoms with Crippen LogP contribution in [0.1, 0.15) is 12.0 Å². The van der Waals surface area contributed by atoms with Crippen LogP contribution < -0.4 is 0 Å². The molecule has 0 heterocycles. The van der Waals surface area contributed by atoms with E-state index in [2.05, 4.69) is 15.9 Å². The van der Waals surface area contributed by atoms with Crippen molar-refractivity contribution in [3.05, 3.63) is 58.6 Å². The smallest absolute Gasteiger partial charge is 0.205 e. The van der Waals surface area contributed by atoms with Gasteiger partial charge < -0.3 is 0 Å². The predicted octanol–water partition coefficient (Wildman–Crippen LogP) is 5.05. The molecule has 0 bridgehead atoms. The molecule has 0 amide bonds. The second kappa shape index (κ2) is 4.74. The molecule has 0 aliphatic rings. The van der Waals surface area contributed by atoms with Crippen molar-refractivity contribution in [3.63, 3.8) is 0 Å². The van der Waals surface area contributed by atoms with E-state index in [1.165, 1.54) is 12.1 Å². The molecule has 0 atom stereocenters. The van der Waals surface area contributed by atoms with Gasteiger partial charge in [0, 0.05) is 10.0 Å². The molecule has 82 valence electrons. The van der Waals surface area contributed by atoms with Crippen LogP contribution in [-0.4, -0.2) is 0 Å². The second-order valence-corrected chi connectivity index (χ2v) is 4.35. The van der Waals surface area contributed by atoms with Crippen LogP contribution >= 0.6 is 15.9 Å². The van der Waals surface area contributed by atoms with Crippen molar-refractivity contribution in [2.24, 2.45) is 0 Å². The van der Waals surface area contributed by atoms with Crippen LogP contribution in [-0.2, 0) is 0 Å². The summed E-state index contributed by atoms with van der Waals surface area (Å²) in [5.41, 5.74) is 1.79. The number of hydrogen-bond donors (Lipinski definition) is 0. The van der Waals surface area contributed by atoms with Gasteiger partial charge in [-0.1, -0.05) is 46.3 Å². The van der Waals surface area contributed by atoms with E-state index in [1.54, 1.807) is 6.07 Å². The molecule has 0 N–H and O–H groups in total. The Morgan fingerprint density at radius 1 is 0.875 bits per heavy atom. The Hall–Kier alpha value is -1.22. The summed E-state index contributed by atoms with van der Waals surface area (Å²) in [7, 11) is 0. The highest BCUT2D eigenvalue weighted by atomic mass is 79.9. The zero-order chi connectivity index (χ0) is 11.5. The van der Waals surface area contributed by atoms with Gasteiger partial charge in [-0.15, -0.1) is 0 Å². The van der Waals surface area contributed by atoms with Crippen molar-refractivity contribution in [3.8, 4) is 11.1 Å². The largest absolute Gasteiger partial charge is 0.263 e. The van der Waals surface area contributed by atoms with Gasteiger partial charge in [0.1, 0.15) is 0 Å². The van der Waals surface area contributed by atoms with Crippen molar-refractivity contribution in [1.82, 2.24) is 0 Å². The third kappa shape index (κ3) is 2.47. The third-order valence-corrected chi connectivity index (χ3v) is 2.79. The first-order valence-corrected chi connectivity index (χ1v) is 5.60. The number of rotatable bonds is 2. The molecule has 0 aliphatic carbocycles. The highest BCUT2D eigenvalue weighted by Crippen LogP contribution is 2.27. The van der Waals surface area contributed by atoms with Gasteiger partial charge in [0.15, 0.2) is 0 Å². The van der Waals surface area contributed by atoms with Crippen LogP contribution in [0.15, 0.2) is 53.0 Å². The Labute approximate surface area is 101 Å². The monoisotopic (exact) mass is 282 g/mol. The van der Waals surface area contributed by atoms with Crippen molar-refractivity contribution in [1.29, 1.82) is 0 Å². The summed E-state index contributed by atoms with van der Waals surface area (Å²) in [5, 5.41) is 0. The molecule has 3 heteroatoms. The molecule has 0 saturated carbocycles. The molecular formula is C13H9BrF2. The third-order valence-electron chi connectivity index (χ3n) is 2.30. The maximum atomic E-state index is 12.5. The number of halogens is 3. The lowest BCUT2D eigenvalue weighted by molar-refractivity contribution is 0.151. The fourth-order valence-corrected chi connectivity index (χ4v) is 1.92. The average Bonchev–Trinajstić information content (AvgIpc) is 2.29. The first-order chi connectivity index (χ1) is 7.66. The summed E-state index contributed by atoms with van der Waals surface area (Å²) in [6.07, 6.45) is -2.42. The predicted molar refractivity (Wildman–Crippen MR) is 64.5 cm³/mol. The Bertz CT molecular complexity index is 495. The maximum Gasteiger partial charge on any atom is 0.263 e. The van der Waals surface area contributed by atoms with Crippen LogP contribution in [0.5, 0.6) is 0 Å². The summed E-state index contributed by atoms with van der Waals surface area (Å²) >= 11 is 3.36. The fraction of sp³-hybridized carbons (Fsp3) is 0.0769. The molecule has 0 spiro atoms. The molecule has 2 aromatic carbocycles. The van der Waals surface area contributed by atoms with Crippen LogP contribution in [0.25, 0.3) is 11.1 Å². The van der Waals surface area contributed by atoms with Crippen LogP contribution in [0.4, 0.5) is 8.78 Å². The molecule has 2 rings (SSSR count). The summed E-state index contributed by atoms with van der Waals surface area (Å²) in [5.74, 6) is 0. The van der Waals surface area contributed by atoms with Crippen LogP contribution in [0.2, 0.25) is 0 Å². The Balaban J connectivity index is 2.44. The lowest BCUT2D eigenvalue weighted by Crippen LogP contribution is -1.85. The van der Waals surface area contributed by atoms with Gasteiger partial charge in [0.05, 0.1) is 0 Å². The van der Waals surface area contributed by atoms with E-state index in [0.29, 0.717) is 0 Å². The average molecular weight is 283 g/mol. The summed E-state index contributed by atoms with van der Waals surface area (Å²) in [6, 6.07) is 14.0. The number of benzene rings is 2. The minimum atomic E-state index is -2.42. The van der Waals surface area contributed by atoms with E-state index in [1.807, 2.05) is 30.3 Å². The van der Waals surface area contributed by atoms with Gasteiger partial charge in [-0.05, 0) is 29.3 Å². The van der Waals surface area contributed by atoms with Gasteiger partial charge in [0.2, 0.25) is 0 Å². The molecule has 0 saturated heterocycles. The van der Waals surface area contributed by atoms with Gasteiger partial charge >= 0.3 is 0 Å². The van der Waals surface area contributed by atoms with E-state index < -0.39 is 6.43 Å². The van der Waals surface area contributed by atoms with Gasteiger partial charge in [-0.3, -0.25) is 0 Å². The molecule has 0 aromatic heterocycles. The summed E-state index contributed by atoms with van der Waals surface area (Å²) in [6.45, 7) is 0. The molecule has 0 aliphatic heterocycles. The highest BCUT2D eigenvalue weighted by molar-refractivity contribution is 9.10. The van der Waals surface area contributed by atoms with Crippen molar-refractivity contribution in [2.45, 2.75) is 6.43 Å².